The van der Waals surface area contributed by atoms with Crippen LogP contribution in [0.15, 0.2) is 0 Å². The molecule has 1 rings (SSSR count). The lowest BCUT2D eigenvalue weighted by atomic mass is 9.83. The van der Waals surface area contributed by atoms with E-state index in [1.165, 1.54) is 25.7 Å². The van der Waals surface area contributed by atoms with Crippen LogP contribution in [0.25, 0.3) is 0 Å². The van der Waals surface area contributed by atoms with Crippen molar-refractivity contribution < 1.29 is 0 Å². The van der Waals surface area contributed by atoms with Crippen LogP contribution < -0.4 is 11.1 Å². The summed E-state index contributed by atoms with van der Waals surface area (Å²) in [6.45, 7) is 6.42. The van der Waals surface area contributed by atoms with Crippen molar-refractivity contribution in [3.05, 3.63) is 0 Å². The summed E-state index contributed by atoms with van der Waals surface area (Å²) in [6, 6.07) is 0. The Bertz CT molecular complexity index is 139. The summed E-state index contributed by atoms with van der Waals surface area (Å²) in [5, 5.41) is 3.58. The topological polar surface area (TPSA) is 38.0 Å². The van der Waals surface area contributed by atoms with Gasteiger partial charge >= 0.3 is 0 Å². The van der Waals surface area contributed by atoms with E-state index >= 15 is 0 Å². The van der Waals surface area contributed by atoms with Gasteiger partial charge in [-0.1, -0.05) is 19.3 Å². The van der Waals surface area contributed by atoms with Gasteiger partial charge in [0.1, 0.15) is 0 Å². The molecule has 1 saturated carbocycles. The minimum Gasteiger partial charge on any atom is -0.330 e. The van der Waals surface area contributed by atoms with Gasteiger partial charge in [0.2, 0.25) is 0 Å². The Kier molecular flexibility index (Phi) is 4.20. The maximum Gasteiger partial charge on any atom is 0.0137 e. The zero-order valence-corrected chi connectivity index (χ0v) is 9.10. The summed E-state index contributed by atoms with van der Waals surface area (Å²) in [7, 11) is 0. The molecule has 0 aliphatic heterocycles. The number of nitrogens with one attached hydrogen (secondary N) is 1. The molecule has 0 spiro atoms. The quantitative estimate of drug-likeness (QED) is 0.661. The molecule has 0 aromatic rings. The maximum absolute atomic E-state index is 5.54. The van der Waals surface area contributed by atoms with Crippen molar-refractivity contribution in [2.75, 3.05) is 13.1 Å². The Morgan fingerprint density at radius 2 is 2.08 bits per heavy atom. The van der Waals surface area contributed by atoms with Gasteiger partial charge in [-0.2, -0.15) is 0 Å². The minimum absolute atomic E-state index is 0.235. The van der Waals surface area contributed by atoms with Crippen molar-refractivity contribution in [2.45, 2.75) is 51.5 Å². The molecule has 1 aliphatic rings. The van der Waals surface area contributed by atoms with Crippen molar-refractivity contribution in [3.8, 4) is 0 Å². The predicted octanol–water partition coefficient (Wildman–Crippen LogP) is 1.89. The van der Waals surface area contributed by atoms with Gasteiger partial charge in [0.25, 0.3) is 0 Å². The second kappa shape index (κ2) is 4.97. The lowest BCUT2D eigenvalue weighted by Crippen LogP contribution is -2.42. The van der Waals surface area contributed by atoms with E-state index in [0.717, 1.165) is 25.4 Å². The van der Waals surface area contributed by atoms with Gasteiger partial charge in [0.05, 0.1) is 0 Å². The zero-order valence-electron chi connectivity index (χ0n) is 9.10. The fraction of sp³-hybridized carbons (Fsp3) is 1.00. The standard InChI is InChI=1S/C11H24N2/c1-11(2,7-8-12)13-9-6-10-4-3-5-10/h10,13H,3-9,12H2,1-2H3. The molecule has 0 atom stereocenters. The smallest absolute Gasteiger partial charge is 0.0137 e. The highest BCUT2D eigenvalue weighted by molar-refractivity contribution is 4.79. The van der Waals surface area contributed by atoms with E-state index in [0.29, 0.717) is 0 Å². The molecular weight excluding hydrogens is 160 g/mol. The average molecular weight is 184 g/mol. The van der Waals surface area contributed by atoms with Gasteiger partial charge in [0, 0.05) is 5.54 Å². The first-order chi connectivity index (χ1) is 6.14. The van der Waals surface area contributed by atoms with Gasteiger partial charge in [-0.15, -0.1) is 0 Å². The molecule has 2 nitrogen and oxygen atoms in total. The number of hydrogen-bond donors (Lipinski definition) is 2. The fourth-order valence-corrected chi connectivity index (χ4v) is 1.85. The van der Waals surface area contributed by atoms with E-state index in [4.69, 9.17) is 5.73 Å². The summed E-state index contributed by atoms with van der Waals surface area (Å²) < 4.78 is 0. The van der Waals surface area contributed by atoms with Crippen molar-refractivity contribution in [1.82, 2.24) is 5.32 Å². The van der Waals surface area contributed by atoms with Crippen molar-refractivity contribution in [1.29, 1.82) is 0 Å². The highest BCUT2D eigenvalue weighted by Gasteiger charge is 2.19. The Morgan fingerprint density at radius 1 is 1.38 bits per heavy atom. The molecule has 0 saturated heterocycles. The minimum atomic E-state index is 0.235. The van der Waals surface area contributed by atoms with Gasteiger partial charge in [-0.05, 0) is 45.7 Å². The van der Waals surface area contributed by atoms with Crippen LogP contribution >= 0.6 is 0 Å². The second-order valence-electron chi connectivity index (χ2n) is 4.93. The molecule has 3 N–H and O–H groups in total. The van der Waals surface area contributed by atoms with Crippen molar-refractivity contribution in [3.63, 3.8) is 0 Å². The molecule has 0 bridgehead atoms. The molecule has 0 amide bonds. The van der Waals surface area contributed by atoms with Crippen LogP contribution in [-0.2, 0) is 0 Å². The highest BCUT2D eigenvalue weighted by Crippen LogP contribution is 2.28. The fourth-order valence-electron chi connectivity index (χ4n) is 1.85. The number of nitrogens with two attached hydrogens (primary N) is 1. The molecule has 1 fully saturated rings. The molecule has 78 valence electrons. The molecule has 2 heteroatoms. The third-order valence-corrected chi connectivity index (χ3v) is 3.15. The van der Waals surface area contributed by atoms with Crippen LogP contribution in [0.4, 0.5) is 0 Å². The maximum atomic E-state index is 5.54. The van der Waals surface area contributed by atoms with Crippen LogP contribution in [-0.4, -0.2) is 18.6 Å². The van der Waals surface area contributed by atoms with Crippen LogP contribution in [0, 0.1) is 5.92 Å². The van der Waals surface area contributed by atoms with E-state index in [1.807, 2.05) is 0 Å². The van der Waals surface area contributed by atoms with Gasteiger partial charge in [-0.3, -0.25) is 0 Å². The summed E-state index contributed by atoms with van der Waals surface area (Å²) in [4.78, 5) is 0. The van der Waals surface area contributed by atoms with Crippen LogP contribution in [0.1, 0.15) is 46.0 Å². The van der Waals surface area contributed by atoms with Gasteiger partial charge in [-0.25, -0.2) is 0 Å². The highest BCUT2D eigenvalue weighted by atomic mass is 15.0. The zero-order chi connectivity index (χ0) is 9.73. The summed E-state index contributed by atoms with van der Waals surface area (Å²) in [6.07, 6.45) is 6.79. The van der Waals surface area contributed by atoms with Crippen LogP contribution in [0.5, 0.6) is 0 Å². The second-order valence-corrected chi connectivity index (χ2v) is 4.93. The normalized spacial score (nSPS) is 18.7. The van der Waals surface area contributed by atoms with Crippen molar-refractivity contribution in [2.24, 2.45) is 11.7 Å². The molecule has 0 radical (unpaired) electrons. The first-order valence-corrected chi connectivity index (χ1v) is 5.59. The Hall–Kier alpha value is -0.0800. The molecule has 0 unspecified atom stereocenters. The monoisotopic (exact) mass is 184 g/mol. The first kappa shape index (κ1) is 11.0. The number of rotatable bonds is 6. The molecular formula is C11H24N2. The molecule has 0 heterocycles. The third kappa shape index (κ3) is 4.10. The Morgan fingerprint density at radius 3 is 2.54 bits per heavy atom. The van der Waals surface area contributed by atoms with Gasteiger partial charge in [0.15, 0.2) is 0 Å². The molecule has 0 aromatic heterocycles. The van der Waals surface area contributed by atoms with E-state index in [2.05, 4.69) is 19.2 Å². The van der Waals surface area contributed by atoms with E-state index in [9.17, 15) is 0 Å². The lowest BCUT2D eigenvalue weighted by molar-refractivity contribution is 0.271. The average Bonchev–Trinajstić information content (AvgIpc) is 1.94. The SMILES string of the molecule is CC(C)(CCN)NCCC1CCC1. The van der Waals surface area contributed by atoms with Crippen molar-refractivity contribution >= 4 is 0 Å². The van der Waals surface area contributed by atoms with Crippen LogP contribution in [0.2, 0.25) is 0 Å². The van der Waals surface area contributed by atoms with Crippen LogP contribution in [0.3, 0.4) is 0 Å². The molecule has 0 aromatic carbocycles. The molecule has 13 heavy (non-hydrogen) atoms. The van der Waals surface area contributed by atoms with E-state index < -0.39 is 0 Å². The van der Waals surface area contributed by atoms with E-state index in [-0.39, 0.29) is 5.54 Å². The summed E-state index contributed by atoms with van der Waals surface area (Å²) in [5.74, 6) is 1.01. The third-order valence-electron chi connectivity index (χ3n) is 3.15. The predicted molar refractivity (Wildman–Crippen MR) is 57.7 cm³/mol. The van der Waals surface area contributed by atoms with E-state index in [1.54, 1.807) is 0 Å². The first-order valence-electron chi connectivity index (χ1n) is 5.59. The molecule has 1 aliphatic carbocycles. The summed E-state index contributed by atoms with van der Waals surface area (Å²) in [5.41, 5.74) is 5.78. The Balaban J connectivity index is 2.02. The van der Waals surface area contributed by atoms with Gasteiger partial charge < -0.3 is 11.1 Å². The Labute approximate surface area is 82.3 Å². The largest absolute Gasteiger partial charge is 0.330 e. The number of hydrogen-bond acceptors (Lipinski definition) is 2. The summed E-state index contributed by atoms with van der Waals surface area (Å²) >= 11 is 0. The lowest BCUT2D eigenvalue weighted by Gasteiger charge is -2.29.